The molecule has 3 heteroatoms. The summed E-state index contributed by atoms with van der Waals surface area (Å²) in [5.74, 6) is -2.65. The van der Waals surface area contributed by atoms with Crippen LogP contribution in [0.1, 0.15) is 32.1 Å². The summed E-state index contributed by atoms with van der Waals surface area (Å²) in [5.41, 5.74) is -1.13. The monoisotopic (exact) mass is 163 g/mol. The molecule has 1 N–H and O–H groups in total. The van der Waals surface area contributed by atoms with Gasteiger partial charge in [0, 0.05) is 12.8 Å². The van der Waals surface area contributed by atoms with E-state index in [9.17, 15) is 13.9 Å². The van der Waals surface area contributed by atoms with Crippen molar-refractivity contribution < 1.29 is 13.9 Å². The number of hydrogen-bond acceptors (Lipinski definition) is 1. The Morgan fingerprint density at radius 3 is 2.36 bits per heavy atom. The third kappa shape index (κ3) is 2.12. The molecule has 11 heavy (non-hydrogen) atoms. The Hall–Kier alpha value is -0.180. The van der Waals surface area contributed by atoms with Gasteiger partial charge in [0.1, 0.15) is 0 Å². The molecule has 1 unspecified atom stereocenters. The molecule has 0 aliphatic heterocycles. The van der Waals surface area contributed by atoms with Crippen LogP contribution in [0.5, 0.6) is 0 Å². The molecule has 0 bridgehead atoms. The largest absolute Gasteiger partial charge is 0.390 e. The van der Waals surface area contributed by atoms with E-state index >= 15 is 0 Å². The van der Waals surface area contributed by atoms with Gasteiger partial charge in [0.15, 0.2) is 0 Å². The van der Waals surface area contributed by atoms with Crippen molar-refractivity contribution >= 4 is 0 Å². The van der Waals surface area contributed by atoms with Crippen molar-refractivity contribution in [3.8, 4) is 0 Å². The van der Waals surface area contributed by atoms with Gasteiger partial charge in [-0.1, -0.05) is 13.3 Å². The molecule has 1 radical (unpaired) electrons. The Bertz CT molecular complexity index is 147. The number of aliphatic hydroxyl groups is 1. The van der Waals surface area contributed by atoms with Gasteiger partial charge in [0.2, 0.25) is 0 Å². The average Bonchev–Trinajstić information content (AvgIpc) is 2.07. The minimum atomic E-state index is -2.65. The normalized spacial score (nSPS) is 36.0. The molecule has 1 aliphatic rings. The zero-order valence-corrected chi connectivity index (χ0v) is 6.45. The van der Waals surface area contributed by atoms with Crippen LogP contribution in [0.25, 0.3) is 0 Å². The van der Waals surface area contributed by atoms with Crippen molar-refractivity contribution in [2.24, 2.45) is 0 Å². The molecule has 1 aliphatic carbocycles. The van der Waals surface area contributed by atoms with E-state index in [1.807, 2.05) is 0 Å². The van der Waals surface area contributed by atoms with Crippen LogP contribution in [0.3, 0.4) is 0 Å². The molecule has 0 saturated heterocycles. The summed E-state index contributed by atoms with van der Waals surface area (Å²) in [5, 5.41) is 9.51. The van der Waals surface area contributed by atoms with Crippen LogP contribution in [0, 0.1) is 6.92 Å². The Kier molecular flexibility index (Phi) is 2.19. The molecule has 0 heterocycles. The molecule has 1 fully saturated rings. The third-order valence-corrected chi connectivity index (χ3v) is 2.19. The van der Waals surface area contributed by atoms with Crippen LogP contribution in [-0.4, -0.2) is 16.6 Å². The lowest BCUT2D eigenvalue weighted by molar-refractivity contribution is -0.0356. The van der Waals surface area contributed by atoms with Crippen LogP contribution in [-0.2, 0) is 0 Å². The van der Waals surface area contributed by atoms with E-state index in [0.29, 0.717) is 12.8 Å². The lowest BCUT2D eigenvalue weighted by Gasteiger charge is -2.20. The maximum absolute atomic E-state index is 12.6. The van der Waals surface area contributed by atoms with Crippen molar-refractivity contribution in [1.82, 2.24) is 0 Å². The van der Waals surface area contributed by atoms with Crippen molar-refractivity contribution in [1.29, 1.82) is 0 Å². The van der Waals surface area contributed by atoms with Gasteiger partial charge < -0.3 is 5.11 Å². The highest BCUT2D eigenvalue weighted by atomic mass is 19.3. The molecule has 1 rings (SSSR count). The molecule has 0 spiro atoms. The first kappa shape index (κ1) is 8.91. The summed E-state index contributed by atoms with van der Waals surface area (Å²) in [6, 6.07) is 0. The summed E-state index contributed by atoms with van der Waals surface area (Å²) >= 11 is 0. The van der Waals surface area contributed by atoms with Crippen LogP contribution >= 0.6 is 0 Å². The molecular weight excluding hydrogens is 150 g/mol. The van der Waals surface area contributed by atoms with E-state index in [4.69, 9.17) is 0 Å². The smallest absolute Gasteiger partial charge is 0.251 e. The number of rotatable bonds is 2. The number of alkyl halides is 2. The van der Waals surface area contributed by atoms with E-state index in [0.717, 1.165) is 0 Å². The van der Waals surface area contributed by atoms with Crippen molar-refractivity contribution in [2.75, 3.05) is 0 Å². The van der Waals surface area contributed by atoms with Gasteiger partial charge in [-0.05, 0) is 12.8 Å². The Labute approximate surface area is 65.4 Å². The molecule has 0 aromatic rings. The highest BCUT2D eigenvalue weighted by Crippen LogP contribution is 2.43. The summed E-state index contributed by atoms with van der Waals surface area (Å²) in [6.07, 6.45) is 0.573. The minimum absolute atomic E-state index is 0.177. The minimum Gasteiger partial charge on any atom is -0.390 e. The van der Waals surface area contributed by atoms with E-state index in [-0.39, 0.29) is 19.3 Å². The van der Waals surface area contributed by atoms with Gasteiger partial charge in [-0.25, -0.2) is 8.78 Å². The summed E-state index contributed by atoms with van der Waals surface area (Å²) in [7, 11) is 0. The molecule has 0 amide bonds. The molecule has 1 saturated carbocycles. The fourth-order valence-electron chi connectivity index (χ4n) is 1.62. The fraction of sp³-hybridized carbons (Fsp3) is 0.875. The van der Waals surface area contributed by atoms with Crippen molar-refractivity contribution in [2.45, 2.75) is 43.6 Å². The summed E-state index contributed by atoms with van der Waals surface area (Å²) in [6.45, 7) is 3.54. The van der Waals surface area contributed by atoms with Crippen molar-refractivity contribution in [3.05, 3.63) is 6.92 Å². The quantitative estimate of drug-likeness (QED) is 0.661. The first-order valence-corrected chi connectivity index (χ1v) is 3.87. The zero-order chi connectivity index (χ0) is 8.54. The standard InChI is InChI=1S/C8H13F2O/c1-2-3-7(11)4-5-8(9,10)6-7/h11H,1-6H2. The van der Waals surface area contributed by atoms with Crippen LogP contribution in [0.4, 0.5) is 8.78 Å². The van der Waals surface area contributed by atoms with Gasteiger partial charge in [-0.2, -0.15) is 0 Å². The topological polar surface area (TPSA) is 20.2 Å². The second-order valence-corrected chi connectivity index (χ2v) is 3.36. The van der Waals surface area contributed by atoms with E-state index in [1.165, 1.54) is 0 Å². The lowest BCUT2D eigenvalue weighted by atomic mass is 9.96. The van der Waals surface area contributed by atoms with Gasteiger partial charge >= 0.3 is 0 Å². The predicted molar refractivity (Wildman–Crippen MR) is 38.3 cm³/mol. The molecule has 1 nitrogen and oxygen atoms in total. The molecular formula is C8H13F2O. The fourth-order valence-corrected chi connectivity index (χ4v) is 1.62. The van der Waals surface area contributed by atoms with E-state index in [2.05, 4.69) is 6.92 Å². The highest BCUT2D eigenvalue weighted by molar-refractivity contribution is 4.93. The maximum atomic E-state index is 12.6. The van der Waals surface area contributed by atoms with Gasteiger partial charge in [0.25, 0.3) is 5.92 Å². The van der Waals surface area contributed by atoms with Crippen LogP contribution < -0.4 is 0 Å². The van der Waals surface area contributed by atoms with Gasteiger partial charge in [-0.3, -0.25) is 0 Å². The third-order valence-electron chi connectivity index (χ3n) is 2.19. The Morgan fingerprint density at radius 1 is 1.36 bits per heavy atom. The first-order chi connectivity index (χ1) is 4.97. The molecule has 0 aromatic heterocycles. The average molecular weight is 163 g/mol. The number of halogens is 2. The lowest BCUT2D eigenvalue weighted by Crippen LogP contribution is -2.26. The Morgan fingerprint density at radius 2 is 2.00 bits per heavy atom. The molecule has 0 aromatic carbocycles. The number of hydrogen-bond donors (Lipinski definition) is 1. The first-order valence-electron chi connectivity index (χ1n) is 3.87. The van der Waals surface area contributed by atoms with Gasteiger partial charge in [0.05, 0.1) is 5.60 Å². The molecule has 1 atom stereocenters. The molecule has 65 valence electrons. The predicted octanol–water partition coefficient (Wildman–Crippen LogP) is 2.15. The van der Waals surface area contributed by atoms with E-state index in [1.54, 1.807) is 0 Å². The van der Waals surface area contributed by atoms with Gasteiger partial charge in [-0.15, -0.1) is 0 Å². The maximum Gasteiger partial charge on any atom is 0.251 e. The second kappa shape index (κ2) is 2.70. The van der Waals surface area contributed by atoms with Crippen LogP contribution in [0.2, 0.25) is 0 Å². The van der Waals surface area contributed by atoms with Crippen LogP contribution in [0.15, 0.2) is 0 Å². The second-order valence-electron chi connectivity index (χ2n) is 3.36. The SMILES string of the molecule is [CH2]CCC1(O)CCC(F)(F)C1. The van der Waals surface area contributed by atoms with Crippen molar-refractivity contribution in [3.63, 3.8) is 0 Å². The summed E-state index contributed by atoms with van der Waals surface area (Å²) < 4.78 is 25.2. The Balaban J connectivity index is 2.51. The summed E-state index contributed by atoms with van der Waals surface area (Å²) in [4.78, 5) is 0. The highest BCUT2D eigenvalue weighted by Gasteiger charge is 2.47. The van der Waals surface area contributed by atoms with E-state index < -0.39 is 11.5 Å². The zero-order valence-electron chi connectivity index (χ0n) is 6.45.